The van der Waals surface area contributed by atoms with Gasteiger partial charge in [0.2, 0.25) is 0 Å². The van der Waals surface area contributed by atoms with Crippen LogP contribution in [-0.4, -0.2) is 18.8 Å². The summed E-state index contributed by atoms with van der Waals surface area (Å²) in [6, 6.07) is 17.5. The molecule has 170 valence electrons. The van der Waals surface area contributed by atoms with Crippen LogP contribution >= 0.6 is 0 Å². The normalized spacial score (nSPS) is 15.9. The Balaban J connectivity index is 1.55. The first-order valence-electron chi connectivity index (χ1n) is 12.3. The van der Waals surface area contributed by atoms with Crippen molar-refractivity contribution < 1.29 is 14.8 Å². The summed E-state index contributed by atoms with van der Waals surface area (Å²) in [5, 5.41) is 2.46. The number of ether oxygens (including phenoxy) is 2. The highest BCUT2D eigenvalue weighted by molar-refractivity contribution is 5.30. The van der Waals surface area contributed by atoms with E-state index >= 15 is 0 Å². The summed E-state index contributed by atoms with van der Waals surface area (Å²) in [5.41, 5.74) is 2.85. The van der Waals surface area contributed by atoms with Gasteiger partial charge in [-0.3, -0.25) is 0 Å². The smallest absolute Gasteiger partial charge is 0.119 e. The molecule has 0 aliphatic heterocycles. The lowest BCUT2D eigenvalue weighted by molar-refractivity contribution is -0.671. The Labute approximate surface area is 189 Å². The molecule has 0 radical (unpaired) electrons. The van der Waals surface area contributed by atoms with Crippen molar-refractivity contribution in [3.05, 3.63) is 59.7 Å². The fourth-order valence-corrected chi connectivity index (χ4v) is 4.82. The summed E-state index contributed by atoms with van der Waals surface area (Å²) >= 11 is 0. The van der Waals surface area contributed by atoms with Gasteiger partial charge in [-0.15, -0.1) is 0 Å². The van der Waals surface area contributed by atoms with Crippen molar-refractivity contribution in [3.63, 3.8) is 0 Å². The molecule has 1 saturated carbocycles. The highest BCUT2D eigenvalue weighted by Gasteiger charge is 2.25. The predicted molar refractivity (Wildman–Crippen MR) is 129 cm³/mol. The molecule has 2 aromatic carbocycles. The van der Waals surface area contributed by atoms with E-state index in [0.717, 1.165) is 30.5 Å². The lowest BCUT2D eigenvalue weighted by Crippen LogP contribution is -2.82. The van der Waals surface area contributed by atoms with E-state index < -0.39 is 0 Å². The maximum Gasteiger partial charge on any atom is 0.119 e. The minimum atomic E-state index is 0.222. The summed E-state index contributed by atoms with van der Waals surface area (Å²) in [4.78, 5) is 0. The Morgan fingerprint density at radius 2 is 1.32 bits per heavy atom. The number of hydrogen-bond donors (Lipinski definition) is 1. The zero-order valence-electron chi connectivity index (χ0n) is 20.0. The van der Waals surface area contributed by atoms with Gasteiger partial charge in [-0.1, -0.05) is 31.4 Å². The van der Waals surface area contributed by atoms with Crippen molar-refractivity contribution in [2.24, 2.45) is 5.92 Å². The van der Waals surface area contributed by atoms with E-state index in [2.05, 4.69) is 81.5 Å². The minimum absolute atomic E-state index is 0.222. The van der Waals surface area contributed by atoms with Crippen molar-refractivity contribution in [2.75, 3.05) is 6.54 Å². The van der Waals surface area contributed by atoms with Crippen LogP contribution < -0.4 is 14.8 Å². The first-order valence-corrected chi connectivity index (χ1v) is 12.3. The van der Waals surface area contributed by atoms with E-state index in [-0.39, 0.29) is 12.2 Å². The van der Waals surface area contributed by atoms with Gasteiger partial charge < -0.3 is 14.8 Å². The molecular weight excluding hydrogens is 382 g/mol. The van der Waals surface area contributed by atoms with Crippen molar-refractivity contribution in [1.82, 2.24) is 0 Å². The van der Waals surface area contributed by atoms with Gasteiger partial charge in [-0.05, 0) is 94.3 Å². The molecule has 1 aliphatic rings. The highest BCUT2D eigenvalue weighted by atomic mass is 16.5. The summed E-state index contributed by atoms with van der Waals surface area (Å²) < 4.78 is 11.6. The van der Waals surface area contributed by atoms with Crippen LogP contribution in [0.1, 0.15) is 83.3 Å². The second kappa shape index (κ2) is 12.1. The van der Waals surface area contributed by atoms with Crippen LogP contribution in [-0.2, 0) is 6.54 Å². The number of hydrogen-bond acceptors (Lipinski definition) is 2. The van der Waals surface area contributed by atoms with Crippen molar-refractivity contribution >= 4 is 0 Å². The molecule has 2 aromatic rings. The Kier molecular flexibility index (Phi) is 9.27. The van der Waals surface area contributed by atoms with Crippen LogP contribution in [0.4, 0.5) is 0 Å². The fraction of sp³-hybridized carbons (Fsp3) is 0.571. The minimum Gasteiger partial charge on any atom is -0.491 e. The summed E-state index contributed by atoms with van der Waals surface area (Å²) in [5.74, 6) is 3.43. The van der Waals surface area contributed by atoms with Gasteiger partial charge in [0.1, 0.15) is 18.0 Å². The predicted octanol–water partition coefficient (Wildman–Crippen LogP) is 6.08. The SMILES string of the molecule is CC(C)Oc1ccc(C[NH2+]CC[C@@H](c2ccc(OC(C)C)cc2)C2CCCCC2)cc1. The molecule has 3 heteroatoms. The van der Waals surface area contributed by atoms with Crippen molar-refractivity contribution in [2.45, 2.75) is 90.9 Å². The Bertz CT molecular complexity index is 746. The standard InChI is InChI=1S/C28H41NO2/c1-21(2)30-26-14-10-23(11-15-26)20-29-19-18-28(24-8-6-5-7-9-24)25-12-16-27(17-13-25)31-22(3)4/h10-17,21-22,24,28-29H,5-9,18-20H2,1-4H3/p+1/t28-/m1/s1. The van der Waals surface area contributed by atoms with Crippen molar-refractivity contribution in [3.8, 4) is 11.5 Å². The van der Waals surface area contributed by atoms with Crippen molar-refractivity contribution in [1.29, 1.82) is 0 Å². The van der Waals surface area contributed by atoms with E-state index in [9.17, 15) is 0 Å². The summed E-state index contributed by atoms with van der Waals surface area (Å²) in [6.07, 6.45) is 8.64. The third-order valence-corrected chi connectivity index (χ3v) is 6.26. The summed E-state index contributed by atoms with van der Waals surface area (Å²) in [6.45, 7) is 10.5. The third kappa shape index (κ3) is 7.88. The van der Waals surface area contributed by atoms with Crippen LogP contribution in [0.25, 0.3) is 0 Å². The van der Waals surface area contributed by atoms with Gasteiger partial charge in [-0.25, -0.2) is 0 Å². The van der Waals surface area contributed by atoms with E-state index in [1.54, 1.807) is 0 Å². The molecular formula is C28H42NO2+. The monoisotopic (exact) mass is 424 g/mol. The summed E-state index contributed by atoms with van der Waals surface area (Å²) in [7, 11) is 0. The Hall–Kier alpha value is -2.00. The van der Waals surface area contributed by atoms with Gasteiger partial charge in [0.25, 0.3) is 0 Å². The second-order valence-electron chi connectivity index (χ2n) is 9.62. The molecule has 1 atom stereocenters. The maximum absolute atomic E-state index is 5.86. The molecule has 0 aromatic heterocycles. The van der Waals surface area contributed by atoms with Gasteiger partial charge in [0.05, 0.1) is 18.8 Å². The zero-order valence-corrected chi connectivity index (χ0v) is 20.0. The van der Waals surface area contributed by atoms with Crippen LogP contribution in [0.2, 0.25) is 0 Å². The van der Waals surface area contributed by atoms with Crippen LogP contribution in [0.5, 0.6) is 11.5 Å². The molecule has 0 spiro atoms. The average Bonchev–Trinajstić information content (AvgIpc) is 2.75. The van der Waals surface area contributed by atoms with Crippen LogP contribution in [0.15, 0.2) is 48.5 Å². The number of nitrogens with two attached hydrogens (primary N) is 1. The largest absolute Gasteiger partial charge is 0.491 e. The molecule has 1 fully saturated rings. The van der Waals surface area contributed by atoms with Gasteiger partial charge in [-0.2, -0.15) is 0 Å². The Morgan fingerprint density at radius 3 is 1.87 bits per heavy atom. The molecule has 1 aliphatic carbocycles. The number of rotatable bonds is 11. The fourth-order valence-electron chi connectivity index (χ4n) is 4.82. The van der Waals surface area contributed by atoms with E-state index in [0.29, 0.717) is 5.92 Å². The Morgan fingerprint density at radius 1 is 0.774 bits per heavy atom. The van der Waals surface area contributed by atoms with Gasteiger partial charge in [0.15, 0.2) is 0 Å². The first-order chi connectivity index (χ1) is 15.0. The molecule has 0 saturated heterocycles. The zero-order chi connectivity index (χ0) is 22.1. The van der Waals surface area contributed by atoms with E-state index in [1.807, 2.05) is 0 Å². The maximum atomic E-state index is 5.86. The second-order valence-corrected chi connectivity index (χ2v) is 9.62. The van der Waals surface area contributed by atoms with Crippen LogP contribution in [0, 0.1) is 5.92 Å². The molecule has 3 nitrogen and oxygen atoms in total. The molecule has 0 amide bonds. The van der Waals surface area contributed by atoms with E-state index in [1.165, 1.54) is 49.7 Å². The van der Waals surface area contributed by atoms with Gasteiger partial charge in [0, 0.05) is 12.0 Å². The first kappa shape index (κ1) is 23.7. The molecule has 3 rings (SSSR count). The molecule has 0 bridgehead atoms. The highest BCUT2D eigenvalue weighted by Crippen LogP contribution is 2.38. The number of benzene rings is 2. The molecule has 2 N–H and O–H groups in total. The quantitative estimate of drug-likeness (QED) is 0.444. The average molecular weight is 425 g/mol. The molecule has 0 heterocycles. The van der Waals surface area contributed by atoms with Gasteiger partial charge >= 0.3 is 0 Å². The lowest BCUT2D eigenvalue weighted by atomic mass is 9.75. The third-order valence-electron chi connectivity index (χ3n) is 6.26. The van der Waals surface area contributed by atoms with E-state index in [4.69, 9.17) is 9.47 Å². The number of quaternary nitrogens is 1. The lowest BCUT2D eigenvalue weighted by Gasteiger charge is -2.30. The topological polar surface area (TPSA) is 35.1 Å². The molecule has 0 unspecified atom stereocenters. The van der Waals surface area contributed by atoms with Crippen LogP contribution in [0.3, 0.4) is 0 Å². The molecule has 31 heavy (non-hydrogen) atoms.